The van der Waals surface area contributed by atoms with Crippen LogP contribution in [0.5, 0.6) is 0 Å². The van der Waals surface area contributed by atoms with Crippen LogP contribution in [0.1, 0.15) is 12.5 Å². The van der Waals surface area contributed by atoms with Crippen LogP contribution < -0.4 is 10.6 Å². The Morgan fingerprint density at radius 2 is 2.21 bits per heavy atom. The highest BCUT2D eigenvalue weighted by Crippen LogP contribution is 2.40. The first-order valence-electron chi connectivity index (χ1n) is 5.61. The van der Waals surface area contributed by atoms with E-state index in [9.17, 15) is 9.59 Å². The van der Waals surface area contributed by atoms with Crippen LogP contribution >= 0.6 is 11.6 Å². The third-order valence-corrected chi connectivity index (χ3v) is 3.02. The van der Waals surface area contributed by atoms with Crippen molar-refractivity contribution in [3.8, 4) is 0 Å². The molecule has 2 rings (SSSR count). The summed E-state index contributed by atoms with van der Waals surface area (Å²) in [7, 11) is 3.52. The van der Waals surface area contributed by atoms with E-state index in [1.807, 2.05) is 0 Å². The fourth-order valence-corrected chi connectivity index (χ4v) is 2.16. The Morgan fingerprint density at radius 1 is 1.53 bits per heavy atom. The minimum absolute atomic E-state index is 0.230. The molecule has 100 valence electrons. The van der Waals surface area contributed by atoms with E-state index in [4.69, 9.17) is 16.3 Å². The lowest BCUT2D eigenvalue weighted by molar-refractivity contribution is -0.532. The minimum Gasteiger partial charge on any atom is -0.439 e. The van der Waals surface area contributed by atoms with Crippen LogP contribution in [0.25, 0.3) is 0 Å². The SMILES string of the molecule is [CH2-][NH2+]/C(Cl)=C/[C@@]1(OC(C)=O)C(=O)Nc2ccccc21. The molecular formula is C13H13ClN2O3. The summed E-state index contributed by atoms with van der Waals surface area (Å²) >= 11 is 5.92. The fourth-order valence-electron chi connectivity index (χ4n) is 2.01. The largest absolute Gasteiger partial charge is 0.439 e. The van der Waals surface area contributed by atoms with E-state index in [2.05, 4.69) is 12.4 Å². The van der Waals surface area contributed by atoms with Crippen molar-refractivity contribution >= 4 is 29.2 Å². The number of carbonyl (C=O) groups excluding carboxylic acids is 2. The van der Waals surface area contributed by atoms with Crippen LogP contribution in [-0.4, -0.2) is 11.9 Å². The second-order valence-electron chi connectivity index (χ2n) is 4.06. The molecule has 0 saturated carbocycles. The summed E-state index contributed by atoms with van der Waals surface area (Å²) in [5, 5.41) is 4.28. The molecule has 1 aromatic rings. The average molecular weight is 281 g/mol. The van der Waals surface area contributed by atoms with Gasteiger partial charge in [0.05, 0.1) is 0 Å². The molecule has 1 heterocycles. The Balaban J connectivity index is 2.61. The number of quaternary nitrogens is 1. The lowest BCUT2D eigenvalue weighted by Crippen LogP contribution is -2.73. The first-order chi connectivity index (χ1) is 8.99. The number of carbonyl (C=O) groups is 2. The Morgan fingerprint density at radius 3 is 2.84 bits per heavy atom. The highest BCUT2D eigenvalue weighted by atomic mass is 35.5. The van der Waals surface area contributed by atoms with Crippen molar-refractivity contribution in [2.24, 2.45) is 0 Å². The van der Waals surface area contributed by atoms with Crippen molar-refractivity contribution in [3.05, 3.63) is 48.1 Å². The second-order valence-corrected chi connectivity index (χ2v) is 4.50. The molecule has 5 nitrogen and oxygen atoms in total. The summed E-state index contributed by atoms with van der Waals surface area (Å²) in [6.45, 7) is 1.24. The second kappa shape index (κ2) is 5.03. The zero-order valence-corrected chi connectivity index (χ0v) is 11.0. The molecule has 0 aromatic heterocycles. The van der Waals surface area contributed by atoms with E-state index >= 15 is 0 Å². The molecule has 0 bridgehead atoms. The summed E-state index contributed by atoms with van der Waals surface area (Å²) in [6.07, 6.45) is 1.38. The molecule has 1 aliphatic heterocycles. The Labute approximate surface area is 115 Å². The Kier molecular flexibility index (Phi) is 3.59. The van der Waals surface area contributed by atoms with Gasteiger partial charge < -0.3 is 15.4 Å². The van der Waals surface area contributed by atoms with Gasteiger partial charge in [-0.05, 0) is 17.7 Å². The van der Waals surface area contributed by atoms with Crippen LogP contribution in [-0.2, 0) is 19.9 Å². The number of halogens is 1. The lowest BCUT2D eigenvalue weighted by Gasteiger charge is -2.23. The summed E-state index contributed by atoms with van der Waals surface area (Å²) in [5.41, 5.74) is -0.387. The van der Waals surface area contributed by atoms with E-state index in [0.717, 1.165) is 0 Å². The molecule has 0 unspecified atom stereocenters. The minimum atomic E-state index is -1.53. The van der Waals surface area contributed by atoms with Crippen molar-refractivity contribution in [2.75, 3.05) is 5.32 Å². The number of benzene rings is 1. The van der Waals surface area contributed by atoms with Crippen LogP contribution in [0.4, 0.5) is 5.69 Å². The highest BCUT2D eigenvalue weighted by Gasteiger charge is 2.49. The molecule has 19 heavy (non-hydrogen) atoms. The zero-order valence-electron chi connectivity index (χ0n) is 10.3. The molecule has 0 fully saturated rings. The number of esters is 1. The van der Waals surface area contributed by atoms with E-state index < -0.39 is 17.5 Å². The number of anilines is 1. The third kappa shape index (κ3) is 2.34. The smallest absolute Gasteiger partial charge is 0.304 e. The van der Waals surface area contributed by atoms with Gasteiger partial charge >= 0.3 is 5.97 Å². The van der Waals surface area contributed by atoms with Gasteiger partial charge in [-0.15, -0.1) is 7.05 Å². The van der Waals surface area contributed by atoms with Gasteiger partial charge in [-0.25, -0.2) is 0 Å². The molecule has 6 heteroatoms. The van der Waals surface area contributed by atoms with Gasteiger partial charge in [0.1, 0.15) is 0 Å². The number of ether oxygens (including phenoxy) is 1. The molecule has 0 radical (unpaired) electrons. The van der Waals surface area contributed by atoms with Gasteiger partial charge in [0.2, 0.25) is 5.60 Å². The number of para-hydroxylation sites is 1. The monoisotopic (exact) mass is 280 g/mol. The van der Waals surface area contributed by atoms with Crippen molar-refractivity contribution < 1.29 is 19.6 Å². The van der Waals surface area contributed by atoms with Crippen LogP contribution in [0, 0.1) is 7.05 Å². The predicted molar refractivity (Wildman–Crippen MR) is 69.7 cm³/mol. The number of nitrogens with two attached hydrogens (primary N) is 1. The molecule has 1 amide bonds. The zero-order chi connectivity index (χ0) is 14.0. The predicted octanol–water partition coefficient (Wildman–Crippen LogP) is 0.832. The maximum Gasteiger partial charge on any atom is 0.304 e. The summed E-state index contributed by atoms with van der Waals surface area (Å²) in [5.74, 6) is -1.03. The first-order valence-corrected chi connectivity index (χ1v) is 5.99. The van der Waals surface area contributed by atoms with E-state index in [1.54, 1.807) is 24.3 Å². The van der Waals surface area contributed by atoms with E-state index in [1.165, 1.54) is 18.3 Å². The normalized spacial score (nSPS) is 21.8. The fraction of sp³-hybridized carbons (Fsp3) is 0.154. The van der Waals surface area contributed by atoms with Crippen LogP contribution in [0.3, 0.4) is 0 Å². The standard InChI is InChI=1S/C13H13ClN2O3/c1-8(17)19-13(7-11(14)15-2)9-5-3-4-6-10(9)16-12(13)18/h3-7H,2,15H2,1H3,(H,16,18)/b11-7+/t13-/m0/s1. The van der Waals surface area contributed by atoms with Crippen molar-refractivity contribution in [2.45, 2.75) is 12.5 Å². The quantitative estimate of drug-likeness (QED) is 0.489. The summed E-state index contributed by atoms with van der Waals surface area (Å²) in [4.78, 5) is 23.5. The van der Waals surface area contributed by atoms with Crippen LogP contribution in [0.2, 0.25) is 0 Å². The third-order valence-electron chi connectivity index (χ3n) is 2.75. The first kappa shape index (κ1) is 13.6. The molecular weight excluding hydrogens is 268 g/mol. The average Bonchev–Trinajstić information content (AvgIpc) is 2.62. The molecule has 0 spiro atoms. The van der Waals surface area contributed by atoms with Gasteiger partial charge in [0.15, 0.2) is 5.16 Å². The molecule has 1 aliphatic rings. The van der Waals surface area contributed by atoms with Crippen molar-refractivity contribution in [1.29, 1.82) is 0 Å². The summed E-state index contributed by atoms with van der Waals surface area (Å²) in [6, 6.07) is 6.98. The number of nitrogens with one attached hydrogen (secondary N) is 1. The molecule has 1 atom stereocenters. The summed E-state index contributed by atoms with van der Waals surface area (Å²) < 4.78 is 5.25. The van der Waals surface area contributed by atoms with Crippen molar-refractivity contribution in [3.63, 3.8) is 0 Å². The van der Waals surface area contributed by atoms with Gasteiger partial charge in [0, 0.05) is 24.3 Å². The highest BCUT2D eigenvalue weighted by molar-refractivity contribution is 6.28. The van der Waals surface area contributed by atoms with E-state index in [0.29, 0.717) is 11.3 Å². The topological polar surface area (TPSA) is 72.0 Å². The van der Waals surface area contributed by atoms with Gasteiger partial charge in [-0.3, -0.25) is 9.59 Å². The van der Waals surface area contributed by atoms with Crippen molar-refractivity contribution in [1.82, 2.24) is 0 Å². The number of rotatable bonds is 3. The Hall–Kier alpha value is -1.85. The molecule has 3 N–H and O–H groups in total. The Bertz CT molecular complexity index is 571. The van der Waals surface area contributed by atoms with Gasteiger partial charge in [-0.2, -0.15) is 0 Å². The number of fused-ring (bicyclic) bond motifs is 1. The maximum absolute atomic E-state index is 12.2. The lowest BCUT2D eigenvalue weighted by atomic mass is 9.95. The number of hydrogen-bond donors (Lipinski definition) is 2. The number of hydrogen-bond acceptors (Lipinski definition) is 3. The van der Waals surface area contributed by atoms with E-state index in [-0.39, 0.29) is 5.16 Å². The molecule has 0 aliphatic carbocycles. The van der Waals surface area contributed by atoms with Crippen LogP contribution in [0.15, 0.2) is 35.5 Å². The molecule has 1 aromatic carbocycles. The van der Waals surface area contributed by atoms with Gasteiger partial charge in [-0.1, -0.05) is 18.2 Å². The van der Waals surface area contributed by atoms with Gasteiger partial charge in [0.25, 0.3) is 5.91 Å². The number of amides is 1. The molecule has 0 saturated heterocycles. The maximum atomic E-state index is 12.2.